The minimum Gasteiger partial charge on any atom is -0.462 e. The number of hydrogen-bond donors (Lipinski definition) is 0. The van der Waals surface area contributed by atoms with Crippen molar-refractivity contribution >= 4 is 28.6 Å². The number of ether oxygens (including phenoxy) is 1. The summed E-state index contributed by atoms with van der Waals surface area (Å²) in [4.78, 5) is 11.0. The Morgan fingerprint density at radius 2 is 1.93 bits per heavy atom. The first-order valence-corrected chi connectivity index (χ1v) is 4.95. The van der Waals surface area contributed by atoms with Crippen molar-refractivity contribution in [3.8, 4) is 0 Å². The lowest BCUT2D eigenvalue weighted by atomic mass is 10.2. The van der Waals surface area contributed by atoms with Gasteiger partial charge in [0.1, 0.15) is 0 Å². The third-order valence-electron chi connectivity index (χ3n) is 1.29. The number of carbonyl (C=O) groups excluding carboxylic acids is 1. The van der Waals surface area contributed by atoms with Crippen molar-refractivity contribution < 1.29 is 22.7 Å². The molecule has 0 aromatic heterocycles. The number of rotatable bonds is 3. The third kappa shape index (κ3) is 5.46. The van der Waals surface area contributed by atoms with Gasteiger partial charge >= 0.3 is 12.1 Å². The normalized spacial score (nSPS) is 13.6. The van der Waals surface area contributed by atoms with E-state index in [-0.39, 0.29) is 15.8 Å². The van der Waals surface area contributed by atoms with Crippen LogP contribution in [0.5, 0.6) is 0 Å². The summed E-state index contributed by atoms with van der Waals surface area (Å²) in [5.41, 5.74) is -0.0171. The van der Waals surface area contributed by atoms with Gasteiger partial charge in [-0.25, -0.2) is 4.79 Å². The predicted molar refractivity (Wildman–Crippen MR) is 54.0 cm³/mol. The van der Waals surface area contributed by atoms with Crippen molar-refractivity contribution in [1.82, 2.24) is 0 Å². The number of carbonyl (C=O) groups is 1. The van der Waals surface area contributed by atoms with Gasteiger partial charge in [-0.15, -0.1) is 0 Å². The highest BCUT2D eigenvalue weighted by Gasteiger charge is 2.29. The van der Waals surface area contributed by atoms with Crippen LogP contribution in [0.3, 0.4) is 0 Å². The number of halogens is 4. The number of hydrogen-bond acceptors (Lipinski definition) is 2. The molecule has 0 bridgehead atoms. The summed E-state index contributed by atoms with van der Waals surface area (Å²) in [6.45, 7) is 3.03. The van der Waals surface area contributed by atoms with Crippen molar-refractivity contribution in [2.45, 2.75) is 26.4 Å². The Balaban J connectivity index is 4.51. The molecule has 0 fully saturated rings. The van der Waals surface area contributed by atoms with Crippen LogP contribution in [-0.2, 0) is 9.53 Å². The van der Waals surface area contributed by atoms with Gasteiger partial charge in [-0.2, -0.15) is 13.2 Å². The van der Waals surface area contributed by atoms with E-state index in [1.165, 1.54) is 6.92 Å². The summed E-state index contributed by atoms with van der Waals surface area (Å²) in [7, 11) is 0. The molecule has 2 nitrogen and oxygen atoms in total. The molecule has 0 aliphatic heterocycles. The van der Waals surface area contributed by atoms with Crippen LogP contribution in [0.4, 0.5) is 13.2 Å². The summed E-state index contributed by atoms with van der Waals surface area (Å²) in [5, 5.41) is 0. The molecule has 6 heteroatoms. The fourth-order valence-electron chi connectivity index (χ4n) is 0.747. The molecule has 0 aromatic carbocycles. The van der Waals surface area contributed by atoms with Crippen molar-refractivity contribution in [3.63, 3.8) is 0 Å². The molecule has 0 atom stereocenters. The summed E-state index contributed by atoms with van der Waals surface area (Å²) in [5.74, 6) is -0.699. The van der Waals surface area contributed by atoms with E-state index in [4.69, 9.17) is 0 Å². The number of allylic oxidation sites excluding steroid dienone is 1. The van der Waals surface area contributed by atoms with Crippen molar-refractivity contribution in [2.24, 2.45) is 0 Å². The number of esters is 1. The maximum absolute atomic E-state index is 11.9. The van der Waals surface area contributed by atoms with Gasteiger partial charge in [0.25, 0.3) is 0 Å². The monoisotopic (exact) mass is 322 g/mol. The van der Waals surface area contributed by atoms with Crippen LogP contribution in [-0.4, -0.2) is 18.8 Å². The second-order valence-electron chi connectivity index (χ2n) is 2.61. The first-order chi connectivity index (χ1) is 6.28. The van der Waals surface area contributed by atoms with Crippen molar-refractivity contribution in [2.75, 3.05) is 6.61 Å². The molecule has 0 aliphatic carbocycles. The van der Waals surface area contributed by atoms with E-state index in [2.05, 4.69) is 4.74 Å². The lowest BCUT2D eigenvalue weighted by Crippen LogP contribution is -2.11. The fraction of sp³-hybridized carbons (Fsp3) is 0.625. The van der Waals surface area contributed by atoms with Crippen LogP contribution in [0.25, 0.3) is 0 Å². The van der Waals surface area contributed by atoms with Gasteiger partial charge in [0, 0.05) is 0 Å². The minimum absolute atomic E-state index is 0.00164. The largest absolute Gasteiger partial charge is 0.462 e. The Labute approximate surface area is 93.6 Å². The lowest BCUT2D eigenvalue weighted by molar-refractivity contribution is -0.137. The zero-order valence-electron chi connectivity index (χ0n) is 7.74. The molecule has 0 spiro atoms. The first-order valence-electron chi connectivity index (χ1n) is 3.87. The van der Waals surface area contributed by atoms with Crippen LogP contribution in [0.1, 0.15) is 20.3 Å². The molecule has 0 saturated heterocycles. The van der Waals surface area contributed by atoms with Crippen molar-refractivity contribution in [3.05, 3.63) is 9.15 Å². The molecule has 0 aromatic rings. The summed E-state index contributed by atoms with van der Waals surface area (Å²) in [6, 6.07) is 0. The number of alkyl halides is 3. The molecular formula is C8H10F3IO2. The molecule has 14 heavy (non-hydrogen) atoms. The van der Waals surface area contributed by atoms with E-state index < -0.39 is 18.6 Å². The molecule has 0 aliphatic rings. The van der Waals surface area contributed by atoms with Crippen LogP contribution in [0, 0.1) is 0 Å². The molecule has 0 radical (unpaired) electrons. The Hall–Kier alpha value is -0.270. The molecule has 0 unspecified atom stereocenters. The highest BCUT2D eigenvalue weighted by Crippen LogP contribution is 2.28. The summed E-state index contributed by atoms with van der Waals surface area (Å²) < 4.78 is 40.3. The van der Waals surface area contributed by atoms with Crippen LogP contribution < -0.4 is 0 Å². The summed E-state index contributed by atoms with van der Waals surface area (Å²) in [6.07, 6.45) is -5.36. The predicted octanol–water partition coefficient (Wildman–Crippen LogP) is 3.21. The smallest absolute Gasteiger partial charge is 0.392 e. The van der Waals surface area contributed by atoms with Gasteiger partial charge in [0.15, 0.2) is 0 Å². The van der Waals surface area contributed by atoms with E-state index in [9.17, 15) is 18.0 Å². The van der Waals surface area contributed by atoms with Gasteiger partial charge in [0.2, 0.25) is 0 Å². The zero-order valence-corrected chi connectivity index (χ0v) is 9.90. The SMILES string of the molecule is CCOC(=O)/C(I)=C(\C)CC(F)(F)F. The Kier molecular flexibility index (Phi) is 5.46. The second-order valence-corrected chi connectivity index (χ2v) is 3.69. The van der Waals surface area contributed by atoms with Crippen LogP contribution in [0.2, 0.25) is 0 Å². The van der Waals surface area contributed by atoms with Crippen molar-refractivity contribution in [1.29, 1.82) is 0 Å². The van der Waals surface area contributed by atoms with Crippen LogP contribution in [0.15, 0.2) is 9.15 Å². The molecule has 0 heterocycles. The van der Waals surface area contributed by atoms with E-state index in [1.807, 2.05) is 0 Å². The van der Waals surface area contributed by atoms with E-state index in [0.717, 1.165) is 0 Å². The van der Waals surface area contributed by atoms with Gasteiger partial charge in [0.05, 0.1) is 16.6 Å². The quantitative estimate of drug-likeness (QED) is 0.453. The van der Waals surface area contributed by atoms with E-state index >= 15 is 0 Å². The molecule has 82 valence electrons. The topological polar surface area (TPSA) is 26.3 Å². The van der Waals surface area contributed by atoms with Gasteiger partial charge < -0.3 is 4.74 Å². The summed E-state index contributed by atoms with van der Waals surface area (Å²) >= 11 is 1.56. The highest BCUT2D eigenvalue weighted by molar-refractivity contribution is 14.1. The highest BCUT2D eigenvalue weighted by atomic mass is 127. The first kappa shape index (κ1) is 13.7. The second kappa shape index (κ2) is 5.57. The van der Waals surface area contributed by atoms with Crippen LogP contribution >= 0.6 is 22.6 Å². The van der Waals surface area contributed by atoms with Gasteiger partial charge in [-0.1, -0.05) is 0 Å². The molecule has 0 amide bonds. The average molecular weight is 322 g/mol. The fourth-order valence-corrected chi connectivity index (χ4v) is 1.09. The van der Waals surface area contributed by atoms with Gasteiger partial charge in [-0.05, 0) is 42.0 Å². The minimum atomic E-state index is -4.28. The Morgan fingerprint density at radius 1 is 1.43 bits per heavy atom. The third-order valence-corrected chi connectivity index (χ3v) is 2.66. The maximum Gasteiger partial charge on any atom is 0.392 e. The van der Waals surface area contributed by atoms with E-state index in [1.54, 1.807) is 29.5 Å². The maximum atomic E-state index is 11.9. The standard InChI is InChI=1S/C8H10F3IO2/c1-3-14-7(13)6(12)5(2)4-8(9,10)11/h3-4H2,1-2H3/b6-5-. The molecule has 0 rings (SSSR count). The molecule has 0 N–H and O–H groups in total. The Bertz CT molecular complexity index is 245. The van der Waals surface area contributed by atoms with E-state index in [0.29, 0.717) is 0 Å². The molecule has 0 saturated carbocycles. The lowest BCUT2D eigenvalue weighted by Gasteiger charge is -2.08. The molecular weight excluding hydrogens is 312 g/mol. The van der Waals surface area contributed by atoms with Gasteiger partial charge in [-0.3, -0.25) is 0 Å². The zero-order chi connectivity index (χ0) is 11.4. The average Bonchev–Trinajstić information content (AvgIpc) is 2.00. The Morgan fingerprint density at radius 3 is 2.29 bits per heavy atom.